The van der Waals surface area contributed by atoms with Crippen LogP contribution in [0, 0.1) is 0 Å². The smallest absolute Gasteiger partial charge is 0.319 e. The first-order valence-electron chi connectivity index (χ1n) is 9.68. The monoisotopic (exact) mass is 399 g/mol. The van der Waals surface area contributed by atoms with E-state index in [0.29, 0.717) is 24.7 Å². The number of amides is 2. The minimum atomic E-state index is -0.614. The van der Waals surface area contributed by atoms with Gasteiger partial charge in [-0.25, -0.2) is 4.79 Å². The molecule has 7 heteroatoms. The van der Waals surface area contributed by atoms with Gasteiger partial charge in [-0.2, -0.15) is 0 Å². The summed E-state index contributed by atoms with van der Waals surface area (Å²) in [4.78, 5) is 15.0. The Labute approximate surface area is 171 Å². The SMILES string of the molecule is COc1ccc(C(C)(C)NC(=O)Nc2ccccc2N2CCOCC2)cc1OC. The molecule has 0 saturated carbocycles. The predicted octanol–water partition coefficient (Wildman–Crippen LogP) is 3.60. The molecule has 0 bridgehead atoms. The standard InChI is InChI=1S/C22H29N3O4/c1-22(2,16-9-10-19(27-3)20(15-16)28-4)24-21(26)23-17-7-5-6-8-18(17)25-11-13-29-14-12-25/h5-10,15H,11-14H2,1-4H3,(H2,23,24,26). The van der Waals surface area contributed by atoms with Crippen LogP contribution < -0.4 is 25.0 Å². The topological polar surface area (TPSA) is 72.1 Å². The molecule has 156 valence electrons. The number of carbonyl (C=O) groups excluding carboxylic acids is 1. The lowest BCUT2D eigenvalue weighted by Gasteiger charge is -2.31. The third-order valence-corrected chi connectivity index (χ3v) is 5.04. The van der Waals surface area contributed by atoms with E-state index in [0.717, 1.165) is 30.0 Å². The fraction of sp³-hybridized carbons (Fsp3) is 0.409. The lowest BCUT2D eigenvalue weighted by atomic mass is 9.94. The third-order valence-electron chi connectivity index (χ3n) is 5.04. The number of rotatable bonds is 6. The number of methoxy groups -OCH3 is 2. The van der Waals surface area contributed by atoms with E-state index in [1.54, 1.807) is 14.2 Å². The first-order valence-corrected chi connectivity index (χ1v) is 9.68. The number of ether oxygens (including phenoxy) is 3. The molecule has 0 spiro atoms. The van der Waals surface area contributed by atoms with Crippen molar-refractivity contribution in [2.75, 3.05) is 50.7 Å². The zero-order valence-corrected chi connectivity index (χ0v) is 17.5. The third kappa shape index (κ3) is 4.92. The lowest BCUT2D eigenvalue weighted by molar-refractivity contribution is 0.123. The molecule has 1 fully saturated rings. The number of benzene rings is 2. The number of nitrogens with zero attached hydrogens (tertiary/aromatic N) is 1. The Hall–Kier alpha value is -2.93. The second kappa shape index (κ2) is 9.05. The fourth-order valence-corrected chi connectivity index (χ4v) is 3.39. The van der Waals surface area contributed by atoms with Crippen molar-refractivity contribution in [1.82, 2.24) is 5.32 Å². The summed E-state index contributed by atoms with van der Waals surface area (Å²) in [6.45, 7) is 6.87. The van der Waals surface area contributed by atoms with Crippen LogP contribution in [0.4, 0.5) is 16.2 Å². The van der Waals surface area contributed by atoms with Crippen LogP contribution in [-0.2, 0) is 10.3 Å². The number of nitrogens with one attached hydrogen (secondary N) is 2. The van der Waals surface area contributed by atoms with Gasteiger partial charge in [0.25, 0.3) is 0 Å². The van der Waals surface area contributed by atoms with Crippen LogP contribution in [0.15, 0.2) is 42.5 Å². The molecule has 2 amide bonds. The lowest BCUT2D eigenvalue weighted by Crippen LogP contribution is -2.43. The summed E-state index contributed by atoms with van der Waals surface area (Å²) < 4.78 is 16.1. The molecule has 0 unspecified atom stereocenters. The Bertz CT molecular complexity index is 848. The maximum absolute atomic E-state index is 12.8. The molecule has 2 N–H and O–H groups in total. The van der Waals surface area contributed by atoms with Gasteiger partial charge in [-0.1, -0.05) is 18.2 Å². The molecular weight excluding hydrogens is 370 g/mol. The van der Waals surface area contributed by atoms with Gasteiger partial charge < -0.3 is 29.7 Å². The van der Waals surface area contributed by atoms with Crippen LogP contribution in [0.25, 0.3) is 0 Å². The van der Waals surface area contributed by atoms with Gasteiger partial charge in [-0.05, 0) is 43.7 Å². The van der Waals surface area contributed by atoms with Crippen molar-refractivity contribution in [3.05, 3.63) is 48.0 Å². The summed E-state index contributed by atoms with van der Waals surface area (Å²) in [6, 6.07) is 13.2. The molecule has 3 rings (SSSR count). The molecule has 1 heterocycles. The molecule has 1 aliphatic heterocycles. The maximum atomic E-state index is 12.8. The normalized spacial score (nSPS) is 14.3. The number of para-hydroxylation sites is 2. The summed E-state index contributed by atoms with van der Waals surface area (Å²) in [5.41, 5.74) is 2.06. The van der Waals surface area contributed by atoms with E-state index in [9.17, 15) is 4.79 Å². The summed E-state index contributed by atoms with van der Waals surface area (Å²) in [6.07, 6.45) is 0. The van der Waals surface area contributed by atoms with Crippen molar-refractivity contribution in [3.63, 3.8) is 0 Å². The van der Waals surface area contributed by atoms with Crippen LogP contribution >= 0.6 is 0 Å². The van der Waals surface area contributed by atoms with Crippen molar-refractivity contribution in [2.24, 2.45) is 0 Å². The molecule has 2 aromatic rings. The summed E-state index contributed by atoms with van der Waals surface area (Å²) >= 11 is 0. The van der Waals surface area contributed by atoms with Gasteiger partial charge >= 0.3 is 6.03 Å². The largest absolute Gasteiger partial charge is 0.493 e. The van der Waals surface area contributed by atoms with Crippen molar-refractivity contribution >= 4 is 17.4 Å². The highest BCUT2D eigenvalue weighted by Crippen LogP contribution is 2.32. The number of urea groups is 1. The molecule has 0 atom stereocenters. The summed E-state index contributed by atoms with van der Waals surface area (Å²) in [5.74, 6) is 1.27. The van der Waals surface area contributed by atoms with Gasteiger partial charge in [0, 0.05) is 13.1 Å². The zero-order chi connectivity index (χ0) is 20.9. The highest BCUT2D eigenvalue weighted by molar-refractivity contribution is 5.93. The van der Waals surface area contributed by atoms with E-state index in [2.05, 4.69) is 15.5 Å². The number of hydrogen-bond acceptors (Lipinski definition) is 5. The van der Waals surface area contributed by atoms with E-state index in [1.807, 2.05) is 56.3 Å². The number of hydrogen-bond donors (Lipinski definition) is 2. The first kappa shape index (κ1) is 20.8. The summed E-state index contributed by atoms with van der Waals surface area (Å²) in [5, 5.41) is 6.05. The second-order valence-corrected chi connectivity index (χ2v) is 7.39. The van der Waals surface area contributed by atoms with Gasteiger partial charge in [0.1, 0.15) is 0 Å². The fourth-order valence-electron chi connectivity index (χ4n) is 3.39. The highest BCUT2D eigenvalue weighted by Gasteiger charge is 2.25. The predicted molar refractivity (Wildman–Crippen MR) is 114 cm³/mol. The molecule has 1 saturated heterocycles. The highest BCUT2D eigenvalue weighted by atomic mass is 16.5. The first-order chi connectivity index (χ1) is 13.9. The molecule has 0 radical (unpaired) electrons. The van der Waals surface area contributed by atoms with Crippen molar-refractivity contribution in [2.45, 2.75) is 19.4 Å². The number of morpholine rings is 1. The van der Waals surface area contributed by atoms with E-state index in [1.165, 1.54) is 0 Å². The van der Waals surface area contributed by atoms with E-state index in [-0.39, 0.29) is 6.03 Å². The molecule has 2 aromatic carbocycles. The average Bonchev–Trinajstić information content (AvgIpc) is 2.73. The molecule has 7 nitrogen and oxygen atoms in total. The van der Waals surface area contributed by atoms with Gasteiger partial charge in [0.15, 0.2) is 11.5 Å². The van der Waals surface area contributed by atoms with Crippen LogP contribution in [0.3, 0.4) is 0 Å². The number of carbonyl (C=O) groups is 1. The van der Waals surface area contributed by atoms with Gasteiger partial charge in [0.05, 0.1) is 44.3 Å². The Balaban J connectivity index is 1.73. The van der Waals surface area contributed by atoms with Crippen LogP contribution in [-0.4, -0.2) is 46.6 Å². The van der Waals surface area contributed by atoms with E-state index >= 15 is 0 Å². The van der Waals surface area contributed by atoms with Gasteiger partial charge in [0.2, 0.25) is 0 Å². The quantitative estimate of drug-likeness (QED) is 0.777. The van der Waals surface area contributed by atoms with Crippen LogP contribution in [0.5, 0.6) is 11.5 Å². The van der Waals surface area contributed by atoms with E-state index < -0.39 is 5.54 Å². The van der Waals surface area contributed by atoms with Crippen molar-refractivity contribution in [3.8, 4) is 11.5 Å². The van der Waals surface area contributed by atoms with E-state index in [4.69, 9.17) is 14.2 Å². The van der Waals surface area contributed by atoms with Crippen molar-refractivity contribution in [1.29, 1.82) is 0 Å². The zero-order valence-electron chi connectivity index (χ0n) is 17.5. The van der Waals surface area contributed by atoms with Crippen LogP contribution in [0.2, 0.25) is 0 Å². The van der Waals surface area contributed by atoms with Crippen molar-refractivity contribution < 1.29 is 19.0 Å². The molecule has 0 aromatic heterocycles. The maximum Gasteiger partial charge on any atom is 0.319 e. The molecule has 1 aliphatic rings. The second-order valence-electron chi connectivity index (χ2n) is 7.39. The Morgan fingerprint density at radius 1 is 1.03 bits per heavy atom. The number of anilines is 2. The minimum Gasteiger partial charge on any atom is -0.493 e. The van der Waals surface area contributed by atoms with Gasteiger partial charge in [-0.15, -0.1) is 0 Å². The molecule has 29 heavy (non-hydrogen) atoms. The molecule has 0 aliphatic carbocycles. The van der Waals surface area contributed by atoms with Crippen LogP contribution in [0.1, 0.15) is 19.4 Å². The average molecular weight is 399 g/mol. The summed E-state index contributed by atoms with van der Waals surface area (Å²) in [7, 11) is 3.19. The Morgan fingerprint density at radius 2 is 1.72 bits per heavy atom. The minimum absolute atomic E-state index is 0.273. The Morgan fingerprint density at radius 3 is 2.41 bits per heavy atom. The molecular formula is C22H29N3O4. The Kier molecular flexibility index (Phi) is 6.49. The van der Waals surface area contributed by atoms with Gasteiger partial charge in [-0.3, -0.25) is 0 Å².